The first-order valence-electron chi connectivity index (χ1n) is 4.95. The van der Waals surface area contributed by atoms with E-state index in [0.717, 1.165) is 0 Å². The molecule has 146 valence electrons. The molecule has 0 N–H and O–H groups in total. The Labute approximate surface area is 121 Å². The zero-order chi connectivity index (χ0) is 20.2. The van der Waals surface area contributed by atoms with Gasteiger partial charge in [0.15, 0.2) is 0 Å². The van der Waals surface area contributed by atoms with E-state index in [2.05, 4.69) is 4.74 Å². The Hall–Kier alpha value is -1.09. The minimum Gasteiger partial charge on any atom is -0.319 e. The fraction of sp³-hybridized carbons (Fsp3) is 1.00. The van der Waals surface area contributed by atoms with Gasteiger partial charge in [0.1, 0.15) is 0 Å². The van der Waals surface area contributed by atoms with Crippen molar-refractivity contribution in [3.63, 3.8) is 0 Å². The van der Waals surface area contributed by atoms with Crippen LogP contribution in [0.1, 0.15) is 0 Å². The van der Waals surface area contributed by atoms with E-state index in [1.54, 1.807) is 0 Å². The van der Waals surface area contributed by atoms with Gasteiger partial charge >= 0.3 is 41.9 Å². The Morgan fingerprint density at radius 3 is 0.958 bits per heavy atom. The molecule has 0 saturated carbocycles. The first-order valence-corrected chi connectivity index (χ1v) is 4.95. The Kier molecular flexibility index (Phi) is 5.21. The van der Waals surface area contributed by atoms with Crippen molar-refractivity contribution >= 4 is 0 Å². The second-order valence-electron chi connectivity index (χ2n) is 4.10. The summed E-state index contributed by atoms with van der Waals surface area (Å²) in [5.41, 5.74) is -8.27. The molecule has 0 fully saturated rings. The maximum Gasteiger partial charge on any atom is 0.438 e. The predicted molar refractivity (Wildman–Crippen MR) is 42.7 cm³/mol. The summed E-state index contributed by atoms with van der Waals surface area (Å²) >= 11 is 0. The summed E-state index contributed by atoms with van der Waals surface area (Å²) in [5, 5.41) is 0. The number of methoxy groups -OCH3 is 1. The molecule has 0 aliphatic heterocycles. The highest BCUT2D eigenvalue weighted by molar-refractivity contribution is 5.15. The molecule has 0 amide bonds. The van der Waals surface area contributed by atoms with Gasteiger partial charge in [0.05, 0.1) is 0 Å². The van der Waals surface area contributed by atoms with E-state index >= 15 is 0 Å². The van der Waals surface area contributed by atoms with Crippen LogP contribution < -0.4 is 0 Å². The second kappa shape index (κ2) is 5.45. The lowest BCUT2D eigenvalue weighted by Crippen LogP contribution is -2.75. The van der Waals surface area contributed by atoms with Crippen LogP contribution in [0.5, 0.6) is 0 Å². The van der Waals surface area contributed by atoms with E-state index in [4.69, 9.17) is 0 Å². The summed E-state index contributed by atoms with van der Waals surface area (Å²) in [6.45, 7) is 0. The Bertz CT molecular complexity index is 443. The molecule has 0 aliphatic rings. The highest BCUT2D eigenvalue weighted by Gasteiger charge is 2.95. The summed E-state index contributed by atoms with van der Waals surface area (Å²) in [5.74, 6) is -24.2. The summed E-state index contributed by atoms with van der Waals surface area (Å²) < 4.78 is 190. The van der Waals surface area contributed by atoms with Crippen LogP contribution in [0.25, 0.3) is 0 Å². The van der Waals surface area contributed by atoms with Gasteiger partial charge in [0.2, 0.25) is 0 Å². The topological polar surface area (TPSA) is 9.23 Å². The van der Waals surface area contributed by atoms with Gasteiger partial charge in [-0.1, -0.05) is 0 Å². The van der Waals surface area contributed by atoms with Gasteiger partial charge in [0.25, 0.3) is 0 Å². The highest BCUT2D eigenvalue weighted by atomic mass is 19.4. The summed E-state index contributed by atoms with van der Waals surface area (Å²) in [4.78, 5) is 0. The van der Waals surface area contributed by atoms with Crippen molar-refractivity contribution < 1.29 is 70.6 Å². The third-order valence-electron chi connectivity index (χ3n) is 2.62. The van der Waals surface area contributed by atoms with E-state index in [1.165, 1.54) is 0 Å². The SMILES string of the molecule is COC(F)(F)C(F)(F)C(F)(F)C(F)(F)C(F)(C(F)(F)F)C(F)(F)F. The first-order chi connectivity index (χ1) is 10.1. The van der Waals surface area contributed by atoms with Gasteiger partial charge in [-0.15, -0.1) is 0 Å². The molecule has 0 aliphatic carbocycles. The molecule has 0 unspecified atom stereocenters. The molecule has 0 aromatic rings. The first kappa shape index (κ1) is 22.9. The fourth-order valence-corrected chi connectivity index (χ4v) is 1.24. The zero-order valence-electron chi connectivity index (χ0n) is 10.6. The second-order valence-corrected chi connectivity index (χ2v) is 4.10. The molecule has 16 heteroatoms. The van der Waals surface area contributed by atoms with Crippen LogP contribution in [0.4, 0.5) is 65.9 Å². The third-order valence-corrected chi connectivity index (χ3v) is 2.62. The molecule has 0 radical (unpaired) electrons. The van der Waals surface area contributed by atoms with Gasteiger partial charge in [-0.05, 0) is 0 Å². The summed E-state index contributed by atoms with van der Waals surface area (Å²) in [6.07, 6.45) is -22.5. The van der Waals surface area contributed by atoms with E-state index in [9.17, 15) is 65.9 Å². The average molecular weight is 400 g/mol. The van der Waals surface area contributed by atoms with Gasteiger partial charge in [-0.3, -0.25) is 0 Å². The van der Waals surface area contributed by atoms with Gasteiger partial charge in [-0.2, -0.15) is 61.5 Å². The number of hydrogen-bond donors (Lipinski definition) is 0. The van der Waals surface area contributed by atoms with Crippen LogP contribution in [-0.2, 0) is 4.74 Å². The third kappa shape index (κ3) is 2.65. The van der Waals surface area contributed by atoms with Crippen LogP contribution in [0, 0.1) is 0 Å². The molecule has 0 heterocycles. The highest BCUT2D eigenvalue weighted by Crippen LogP contribution is 2.63. The smallest absolute Gasteiger partial charge is 0.319 e. The van der Waals surface area contributed by atoms with Crippen molar-refractivity contribution in [1.29, 1.82) is 0 Å². The largest absolute Gasteiger partial charge is 0.438 e. The molecule has 1 nitrogen and oxygen atoms in total. The maximum atomic E-state index is 13.0. The van der Waals surface area contributed by atoms with Gasteiger partial charge < -0.3 is 4.74 Å². The lowest BCUT2D eigenvalue weighted by Gasteiger charge is -2.42. The maximum absolute atomic E-state index is 13.0. The lowest BCUT2D eigenvalue weighted by molar-refractivity contribution is -0.474. The molecule has 0 aromatic carbocycles. The van der Waals surface area contributed by atoms with Crippen molar-refractivity contribution in [1.82, 2.24) is 0 Å². The number of halogens is 15. The molecular formula is C8H3F15O. The van der Waals surface area contributed by atoms with Crippen LogP contribution >= 0.6 is 0 Å². The summed E-state index contributed by atoms with van der Waals surface area (Å²) in [7, 11) is -0.502. The van der Waals surface area contributed by atoms with Crippen LogP contribution in [0.15, 0.2) is 0 Å². The van der Waals surface area contributed by atoms with Crippen molar-refractivity contribution in [2.45, 2.75) is 41.9 Å². The molecule has 0 rings (SSSR count). The fourth-order valence-electron chi connectivity index (χ4n) is 1.24. The molecule has 0 spiro atoms. The predicted octanol–water partition coefficient (Wildman–Crippen LogP) is 4.96. The Balaban J connectivity index is 6.68. The minimum atomic E-state index is -8.40. The molecule has 0 saturated heterocycles. The quantitative estimate of drug-likeness (QED) is 0.593. The lowest BCUT2D eigenvalue weighted by atomic mass is 9.87. The van der Waals surface area contributed by atoms with Gasteiger partial charge in [-0.25, -0.2) is 4.39 Å². The molecule has 0 atom stereocenters. The van der Waals surface area contributed by atoms with E-state index in [0.29, 0.717) is 0 Å². The van der Waals surface area contributed by atoms with Crippen molar-refractivity contribution in [2.75, 3.05) is 7.11 Å². The van der Waals surface area contributed by atoms with E-state index in [-0.39, 0.29) is 0 Å². The number of alkyl halides is 15. The van der Waals surface area contributed by atoms with Crippen molar-refractivity contribution in [3.8, 4) is 0 Å². The van der Waals surface area contributed by atoms with E-state index in [1.807, 2.05) is 0 Å². The molecule has 24 heavy (non-hydrogen) atoms. The molecular weight excluding hydrogens is 397 g/mol. The van der Waals surface area contributed by atoms with E-state index < -0.39 is 49.0 Å². The molecule has 0 bridgehead atoms. The Morgan fingerprint density at radius 2 is 0.750 bits per heavy atom. The summed E-state index contributed by atoms with van der Waals surface area (Å²) in [6, 6.07) is 0. The van der Waals surface area contributed by atoms with Crippen LogP contribution in [0.3, 0.4) is 0 Å². The standard InChI is InChI=1S/C8H3F15O/c1-24-8(22,23)5(14,15)4(12,13)3(10,11)2(9,6(16,17)18)7(19,20)21/h1H3. The number of ether oxygens (including phenoxy) is 1. The normalized spacial score (nSPS) is 16.5. The average Bonchev–Trinajstić information content (AvgIpc) is 2.33. The molecule has 0 aromatic heterocycles. The Morgan fingerprint density at radius 1 is 0.458 bits per heavy atom. The van der Waals surface area contributed by atoms with Gasteiger partial charge in [0, 0.05) is 7.11 Å². The van der Waals surface area contributed by atoms with Crippen LogP contribution in [0.2, 0.25) is 0 Å². The number of hydrogen-bond acceptors (Lipinski definition) is 1. The number of rotatable bonds is 5. The van der Waals surface area contributed by atoms with Crippen molar-refractivity contribution in [2.24, 2.45) is 0 Å². The van der Waals surface area contributed by atoms with Crippen molar-refractivity contribution in [3.05, 3.63) is 0 Å². The monoisotopic (exact) mass is 400 g/mol. The minimum absolute atomic E-state index is 0.502. The van der Waals surface area contributed by atoms with Crippen LogP contribution in [-0.4, -0.2) is 49.0 Å². The zero-order valence-corrected chi connectivity index (χ0v) is 10.6.